The lowest BCUT2D eigenvalue weighted by Gasteiger charge is -2.04. The molecule has 17 heavy (non-hydrogen) atoms. The number of furan rings is 1. The van der Waals surface area contributed by atoms with Crippen LogP contribution in [0.25, 0.3) is 11.3 Å². The van der Waals surface area contributed by atoms with Crippen LogP contribution in [0, 0.1) is 0 Å². The maximum Gasteiger partial charge on any atom is 0.194 e. The van der Waals surface area contributed by atoms with E-state index < -0.39 is 6.23 Å². The van der Waals surface area contributed by atoms with E-state index in [1.807, 2.05) is 0 Å². The van der Waals surface area contributed by atoms with Crippen LogP contribution >= 0.6 is 0 Å². The van der Waals surface area contributed by atoms with Gasteiger partial charge in [0.1, 0.15) is 12.0 Å². The summed E-state index contributed by atoms with van der Waals surface area (Å²) in [5.74, 6) is 0.849. The molecule has 1 aromatic carbocycles. The molecule has 4 nitrogen and oxygen atoms in total. The van der Waals surface area contributed by atoms with Crippen molar-refractivity contribution in [1.82, 2.24) is 0 Å². The van der Waals surface area contributed by atoms with E-state index in [9.17, 15) is 9.90 Å². The van der Waals surface area contributed by atoms with E-state index >= 15 is 0 Å². The van der Waals surface area contributed by atoms with Gasteiger partial charge in [-0.3, -0.25) is 4.79 Å². The second kappa shape index (κ2) is 4.53. The van der Waals surface area contributed by atoms with Crippen molar-refractivity contribution in [1.29, 1.82) is 0 Å². The van der Waals surface area contributed by atoms with Crippen LogP contribution in [0.3, 0.4) is 0 Å². The fourth-order valence-corrected chi connectivity index (χ4v) is 1.53. The van der Waals surface area contributed by atoms with E-state index in [1.165, 1.54) is 6.92 Å². The van der Waals surface area contributed by atoms with Gasteiger partial charge in [0, 0.05) is 12.5 Å². The highest BCUT2D eigenvalue weighted by Crippen LogP contribution is 2.23. The highest BCUT2D eigenvalue weighted by Gasteiger charge is 2.08. The summed E-state index contributed by atoms with van der Waals surface area (Å²) in [6.07, 6.45) is -0.978. The molecule has 0 saturated heterocycles. The molecule has 1 heterocycles. The van der Waals surface area contributed by atoms with Gasteiger partial charge in [0.25, 0.3) is 0 Å². The smallest absolute Gasteiger partial charge is 0.194 e. The third-order valence-corrected chi connectivity index (χ3v) is 2.49. The van der Waals surface area contributed by atoms with Gasteiger partial charge in [-0.1, -0.05) is 24.3 Å². The number of benzene rings is 1. The average molecular weight is 231 g/mol. The lowest BCUT2D eigenvalue weighted by molar-refractivity contribution is 0.0988. The van der Waals surface area contributed by atoms with Crippen molar-refractivity contribution in [2.45, 2.75) is 13.2 Å². The molecule has 0 radical (unpaired) electrons. The molecule has 1 aromatic heterocycles. The summed E-state index contributed by atoms with van der Waals surface area (Å²) in [7, 11) is 0. The van der Waals surface area contributed by atoms with Gasteiger partial charge in [0.05, 0.1) is 0 Å². The minimum Gasteiger partial charge on any atom is -0.453 e. The van der Waals surface area contributed by atoms with Crippen LogP contribution in [0.5, 0.6) is 0 Å². The Morgan fingerprint density at radius 3 is 2.35 bits per heavy atom. The lowest BCUT2D eigenvalue weighted by atomic mass is 10.1. The van der Waals surface area contributed by atoms with Gasteiger partial charge in [-0.25, -0.2) is 0 Å². The van der Waals surface area contributed by atoms with Gasteiger partial charge < -0.3 is 15.3 Å². The normalized spacial score (nSPS) is 12.4. The molecule has 0 spiro atoms. The van der Waals surface area contributed by atoms with E-state index in [2.05, 4.69) is 0 Å². The standard InChI is InChI=1S/C13H13NO3/c1-8(15)11-6-7-12(17-11)9-2-4-10(5-3-9)13(14)16/h2-7,13,16H,14H2,1H3. The number of carbonyl (C=O) groups excluding carboxylic acids is 1. The monoisotopic (exact) mass is 231 g/mol. The Labute approximate surface area is 98.7 Å². The zero-order valence-electron chi connectivity index (χ0n) is 9.38. The van der Waals surface area contributed by atoms with Gasteiger partial charge in [0.15, 0.2) is 11.5 Å². The Balaban J connectivity index is 2.30. The molecule has 0 amide bonds. The van der Waals surface area contributed by atoms with Gasteiger partial charge >= 0.3 is 0 Å². The largest absolute Gasteiger partial charge is 0.453 e. The summed E-state index contributed by atoms with van der Waals surface area (Å²) in [6.45, 7) is 1.45. The average Bonchev–Trinajstić information content (AvgIpc) is 2.78. The minimum atomic E-state index is -0.978. The van der Waals surface area contributed by atoms with Crippen LogP contribution in [-0.4, -0.2) is 10.9 Å². The van der Waals surface area contributed by atoms with Crippen molar-refractivity contribution < 1.29 is 14.3 Å². The van der Waals surface area contributed by atoms with Crippen LogP contribution in [0.4, 0.5) is 0 Å². The first-order valence-electron chi connectivity index (χ1n) is 5.22. The zero-order chi connectivity index (χ0) is 12.4. The van der Waals surface area contributed by atoms with Gasteiger partial charge in [-0.05, 0) is 17.7 Å². The van der Waals surface area contributed by atoms with Crippen molar-refractivity contribution in [3.05, 3.63) is 47.7 Å². The maximum atomic E-state index is 11.1. The number of nitrogens with two attached hydrogens (primary N) is 1. The lowest BCUT2D eigenvalue weighted by Crippen LogP contribution is -2.07. The molecule has 0 saturated carbocycles. The van der Waals surface area contributed by atoms with Crippen molar-refractivity contribution in [3.8, 4) is 11.3 Å². The number of rotatable bonds is 3. The molecule has 0 fully saturated rings. The first-order chi connectivity index (χ1) is 8.08. The molecule has 4 heteroatoms. The SMILES string of the molecule is CC(=O)c1ccc(-c2ccc(C(N)O)cc2)o1. The molecule has 1 unspecified atom stereocenters. The highest BCUT2D eigenvalue weighted by molar-refractivity contribution is 5.91. The second-order valence-corrected chi connectivity index (χ2v) is 3.79. The molecule has 0 aliphatic heterocycles. The fourth-order valence-electron chi connectivity index (χ4n) is 1.53. The van der Waals surface area contributed by atoms with E-state index in [0.717, 1.165) is 5.56 Å². The molecule has 3 N–H and O–H groups in total. The minimum absolute atomic E-state index is 0.106. The Hall–Kier alpha value is -1.91. The topological polar surface area (TPSA) is 76.5 Å². The fraction of sp³-hybridized carbons (Fsp3) is 0.154. The first-order valence-corrected chi connectivity index (χ1v) is 5.22. The summed E-state index contributed by atoms with van der Waals surface area (Å²) < 4.78 is 5.39. The summed E-state index contributed by atoms with van der Waals surface area (Å²) >= 11 is 0. The van der Waals surface area contributed by atoms with Crippen LogP contribution in [0.2, 0.25) is 0 Å². The molecular weight excluding hydrogens is 218 g/mol. The third kappa shape index (κ3) is 2.43. The number of carbonyl (C=O) groups is 1. The third-order valence-electron chi connectivity index (χ3n) is 2.49. The van der Waals surface area contributed by atoms with Crippen molar-refractivity contribution in [2.75, 3.05) is 0 Å². The number of Topliss-reactive ketones (excluding diaryl/α,β-unsaturated/α-hetero) is 1. The Bertz CT molecular complexity index is 526. The Kier molecular flexibility index (Phi) is 3.08. The van der Waals surface area contributed by atoms with E-state index in [1.54, 1.807) is 36.4 Å². The van der Waals surface area contributed by atoms with Gasteiger partial charge in [-0.15, -0.1) is 0 Å². The summed E-state index contributed by atoms with van der Waals surface area (Å²) in [4.78, 5) is 11.1. The maximum absolute atomic E-state index is 11.1. The quantitative estimate of drug-likeness (QED) is 0.626. The van der Waals surface area contributed by atoms with Gasteiger partial charge in [0.2, 0.25) is 0 Å². The Morgan fingerprint density at radius 2 is 1.88 bits per heavy atom. The molecule has 0 bridgehead atoms. The predicted molar refractivity (Wildman–Crippen MR) is 63.3 cm³/mol. The molecule has 2 aromatic rings. The highest BCUT2D eigenvalue weighted by atomic mass is 16.3. The van der Waals surface area contributed by atoms with E-state index in [4.69, 9.17) is 10.2 Å². The zero-order valence-corrected chi connectivity index (χ0v) is 9.38. The molecule has 2 rings (SSSR count). The van der Waals surface area contributed by atoms with Crippen molar-refractivity contribution in [2.24, 2.45) is 5.73 Å². The molecular formula is C13H13NO3. The summed E-state index contributed by atoms with van der Waals surface area (Å²) in [6, 6.07) is 10.4. The molecule has 0 aliphatic carbocycles. The van der Waals surface area contributed by atoms with Crippen LogP contribution < -0.4 is 5.73 Å². The van der Waals surface area contributed by atoms with Crippen molar-refractivity contribution in [3.63, 3.8) is 0 Å². The number of aliphatic hydroxyl groups excluding tert-OH is 1. The first kappa shape index (κ1) is 11.6. The van der Waals surface area contributed by atoms with Crippen LogP contribution in [0.15, 0.2) is 40.8 Å². The van der Waals surface area contributed by atoms with Crippen molar-refractivity contribution >= 4 is 5.78 Å². The molecule has 88 valence electrons. The van der Waals surface area contributed by atoms with E-state index in [-0.39, 0.29) is 5.78 Å². The number of ketones is 1. The second-order valence-electron chi connectivity index (χ2n) is 3.79. The Morgan fingerprint density at radius 1 is 1.24 bits per heavy atom. The van der Waals surface area contributed by atoms with Crippen LogP contribution in [0.1, 0.15) is 29.3 Å². The van der Waals surface area contributed by atoms with E-state index in [0.29, 0.717) is 17.1 Å². The predicted octanol–water partition coefficient (Wildman–Crippen LogP) is 2.10. The van der Waals surface area contributed by atoms with Crippen LogP contribution in [-0.2, 0) is 0 Å². The summed E-state index contributed by atoms with van der Waals surface area (Å²) in [5.41, 5.74) is 6.80. The number of hydrogen-bond acceptors (Lipinski definition) is 4. The molecule has 1 atom stereocenters. The number of hydrogen-bond donors (Lipinski definition) is 2. The van der Waals surface area contributed by atoms with Gasteiger partial charge in [-0.2, -0.15) is 0 Å². The summed E-state index contributed by atoms with van der Waals surface area (Å²) in [5, 5.41) is 9.17. The molecule has 0 aliphatic rings. The number of aliphatic hydroxyl groups is 1.